The topological polar surface area (TPSA) is 87.0 Å². The standard InChI is InChI=1S/C26H24N2O5S/c1-5-33-25(31)21-16(3)27-26-28(22(21)18-10-6-15(2)7-11-18)23(29)20(34-26)14-17-8-12-19(13-9-17)24(30)32-4/h6-14,22H,5H2,1-4H3/b20-14+/t22-/m1/s1. The number of allylic oxidation sites excluding steroid dienone is 1. The number of aromatic nitrogens is 1. The van der Waals surface area contributed by atoms with Crippen molar-refractivity contribution < 1.29 is 19.1 Å². The highest BCUT2D eigenvalue weighted by atomic mass is 32.1. The van der Waals surface area contributed by atoms with Gasteiger partial charge in [0.25, 0.3) is 5.56 Å². The Kier molecular flexibility index (Phi) is 6.61. The van der Waals surface area contributed by atoms with Crippen LogP contribution in [-0.2, 0) is 14.3 Å². The Labute approximate surface area is 200 Å². The van der Waals surface area contributed by atoms with Crippen LogP contribution in [0.4, 0.5) is 0 Å². The highest BCUT2D eigenvalue weighted by Gasteiger charge is 2.33. The van der Waals surface area contributed by atoms with Crippen molar-refractivity contribution in [3.8, 4) is 0 Å². The van der Waals surface area contributed by atoms with Gasteiger partial charge in [-0.3, -0.25) is 9.36 Å². The van der Waals surface area contributed by atoms with Gasteiger partial charge < -0.3 is 9.47 Å². The molecule has 4 rings (SSSR count). The Balaban J connectivity index is 1.87. The zero-order chi connectivity index (χ0) is 24.4. The minimum absolute atomic E-state index is 0.224. The van der Waals surface area contributed by atoms with Crippen molar-refractivity contribution in [2.75, 3.05) is 13.7 Å². The number of ether oxygens (including phenoxy) is 2. The summed E-state index contributed by atoms with van der Waals surface area (Å²) in [6.07, 6.45) is 1.75. The number of hydrogen-bond acceptors (Lipinski definition) is 7. The summed E-state index contributed by atoms with van der Waals surface area (Å²) in [5.41, 5.74) is 3.69. The molecule has 8 heteroatoms. The molecule has 1 aliphatic rings. The number of methoxy groups -OCH3 is 1. The molecule has 0 amide bonds. The summed E-state index contributed by atoms with van der Waals surface area (Å²) in [5, 5.41) is 0. The van der Waals surface area contributed by atoms with E-state index in [1.165, 1.54) is 18.4 Å². The van der Waals surface area contributed by atoms with Crippen molar-refractivity contribution in [2.45, 2.75) is 26.8 Å². The lowest BCUT2D eigenvalue weighted by Crippen LogP contribution is -2.39. The van der Waals surface area contributed by atoms with E-state index in [4.69, 9.17) is 9.47 Å². The average molecular weight is 477 g/mol. The van der Waals surface area contributed by atoms with Gasteiger partial charge in [-0.25, -0.2) is 14.6 Å². The molecule has 0 fully saturated rings. The Morgan fingerprint density at radius 2 is 1.74 bits per heavy atom. The number of nitrogens with zero attached hydrogens (tertiary/aromatic N) is 2. The van der Waals surface area contributed by atoms with Gasteiger partial charge in [0.1, 0.15) is 0 Å². The van der Waals surface area contributed by atoms with Crippen molar-refractivity contribution >= 4 is 29.4 Å². The van der Waals surface area contributed by atoms with Gasteiger partial charge in [-0.2, -0.15) is 0 Å². The van der Waals surface area contributed by atoms with Crippen molar-refractivity contribution in [1.82, 2.24) is 4.57 Å². The molecule has 0 saturated carbocycles. The Hall–Kier alpha value is -3.78. The van der Waals surface area contributed by atoms with Crippen LogP contribution in [-0.4, -0.2) is 30.2 Å². The smallest absolute Gasteiger partial charge is 0.338 e. The van der Waals surface area contributed by atoms with Gasteiger partial charge in [0, 0.05) is 0 Å². The third-order valence-electron chi connectivity index (χ3n) is 5.54. The lowest BCUT2D eigenvalue weighted by atomic mass is 9.95. The highest BCUT2D eigenvalue weighted by Crippen LogP contribution is 2.30. The third kappa shape index (κ3) is 4.36. The predicted octanol–water partition coefficient (Wildman–Crippen LogP) is 2.89. The Morgan fingerprint density at radius 3 is 2.35 bits per heavy atom. The summed E-state index contributed by atoms with van der Waals surface area (Å²) in [6.45, 7) is 5.71. The van der Waals surface area contributed by atoms with E-state index < -0.39 is 18.0 Å². The van der Waals surface area contributed by atoms with E-state index in [2.05, 4.69) is 4.99 Å². The van der Waals surface area contributed by atoms with Crippen molar-refractivity contribution in [3.05, 3.63) is 102 Å². The summed E-state index contributed by atoms with van der Waals surface area (Å²) in [4.78, 5) is 43.2. The largest absolute Gasteiger partial charge is 0.465 e. The van der Waals surface area contributed by atoms with Crippen LogP contribution < -0.4 is 14.9 Å². The van der Waals surface area contributed by atoms with E-state index in [0.717, 1.165) is 16.7 Å². The third-order valence-corrected chi connectivity index (χ3v) is 6.52. The van der Waals surface area contributed by atoms with Gasteiger partial charge in [-0.05, 0) is 50.1 Å². The number of rotatable bonds is 5. The van der Waals surface area contributed by atoms with E-state index in [-0.39, 0.29) is 12.2 Å². The summed E-state index contributed by atoms with van der Waals surface area (Å²) in [7, 11) is 1.33. The van der Waals surface area contributed by atoms with Gasteiger partial charge in [0.05, 0.1) is 41.1 Å². The fraction of sp³-hybridized carbons (Fsp3) is 0.231. The number of carbonyl (C=O) groups excluding carboxylic acids is 2. The van der Waals surface area contributed by atoms with Gasteiger partial charge in [0.15, 0.2) is 4.80 Å². The van der Waals surface area contributed by atoms with Crippen molar-refractivity contribution in [2.24, 2.45) is 4.99 Å². The Bertz CT molecular complexity index is 1460. The minimum Gasteiger partial charge on any atom is -0.465 e. The maximum Gasteiger partial charge on any atom is 0.338 e. The van der Waals surface area contributed by atoms with E-state index >= 15 is 0 Å². The second-order valence-corrected chi connectivity index (χ2v) is 8.84. The first kappa shape index (κ1) is 23.4. The molecule has 0 spiro atoms. The maximum absolute atomic E-state index is 13.6. The van der Waals surface area contributed by atoms with Crippen LogP contribution in [0.1, 0.15) is 46.9 Å². The molecule has 7 nitrogen and oxygen atoms in total. The van der Waals surface area contributed by atoms with E-state index in [9.17, 15) is 14.4 Å². The molecule has 0 aliphatic carbocycles. The molecule has 174 valence electrons. The molecule has 0 unspecified atom stereocenters. The molecule has 2 heterocycles. The van der Waals surface area contributed by atoms with Crippen LogP contribution >= 0.6 is 11.3 Å². The number of aryl methyl sites for hydroxylation is 1. The number of esters is 2. The maximum atomic E-state index is 13.6. The quantitative estimate of drug-likeness (QED) is 0.529. The summed E-state index contributed by atoms with van der Waals surface area (Å²) >= 11 is 1.25. The molecule has 0 radical (unpaired) electrons. The van der Waals surface area contributed by atoms with Gasteiger partial charge in [0.2, 0.25) is 0 Å². The molecular formula is C26H24N2O5S. The number of carbonyl (C=O) groups is 2. The number of thiazole rings is 1. The summed E-state index contributed by atoms with van der Waals surface area (Å²) in [5.74, 6) is -0.909. The second-order valence-electron chi connectivity index (χ2n) is 7.83. The molecule has 0 bridgehead atoms. The van der Waals surface area contributed by atoms with Crippen LogP contribution in [0.25, 0.3) is 6.08 Å². The SMILES string of the molecule is CCOC(=O)C1=C(C)N=c2s/c(=C/c3ccc(C(=O)OC)cc3)c(=O)n2[C@@H]1c1ccc(C)cc1. The van der Waals surface area contributed by atoms with E-state index in [0.29, 0.717) is 26.2 Å². The molecule has 1 aliphatic heterocycles. The van der Waals surface area contributed by atoms with Crippen LogP contribution in [0.2, 0.25) is 0 Å². The number of hydrogen-bond donors (Lipinski definition) is 0. The minimum atomic E-state index is -0.639. The fourth-order valence-corrected chi connectivity index (χ4v) is 4.89. The predicted molar refractivity (Wildman–Crippen MR) is 129 cm³/mol. The van der Waals surface area contributed by atoms with Gasteiger partial charge in [-0.15, -0.1) is 0 Å². The first-order valence-corrected chi connectivity index (χ1v) is 11.6. The molecule has 0 N–H and O–H groups in total. The van der Waals surface area contributed by atoms with E-state index in [1.807, 2.05) is 31.2 Å². The number of fused-ring (bicyclic) bond motifs is 1. The van der Waals surface area contributed by atoms with Gasteiger partial charge in [-0.1, -0.05) is 53.3 Å². The monoisotopic (exact) mass is 476 g/mol. The first-order chi connectivity index (χ1) is 16.3. The average Bonchev–Trinajstić information content (AvgIpc) is 3.13. The molecule has 3 aromatic rings. The van der Waals surface area contributed by atoms with Crippen molar-refractivity contribution in [1.29, 1.82) is 0 Å². The molecule has 0 saturated heterocycles. The molecule has 2 aromatic carbocycles. The fourth-order valence-electron chi connectivity index (χ4n) is 3.84. The zero-order valence-electron chi connectivity index (χ0n) is 19.3. The van der Waals surface area contributed by atoms with E-state index in [1.54, 1.807) is 48.8 Å². The van der Waals surface area contributed by atoms with Crippen LogP contribution in [0.5, 0.6) is 0 Å². The van der Waals surface area contributed by atoms with Crippen LogP contribution in [0, 0.1) is 6.92 Å². The normalized spacial score (nSPS) is 15.5. The number of benzene rings is 2. The summed E-state index contributed by atoms with van der Waals surface area (Å²) < 4.78 is 12.1. The summed E-state index contributed by atoms with van der Waals surface area (Å²) in [6, 6.07) is 13.9. The first-order valence-electron chi connectivity index (χ1n) is 10.8. The van der Waals surface area contributed by atoms with Crippen LogP contribution in [0.15, 0.2) is 69.6 Å². The van der Waals surface area contributed by atoms with Gasteiger partial charge >= 0.3 is 11.9 Å². The second kappa shape index (κ2) is 9.61. The molecule has 34 heavy (non-hydrogen) atoms. The lowest BCUT2D eigenvalue weighted by Gasteiger charge is -2.24. The molecule has 1 atom stereocenters. The lowest BCUT2D eigenvalue weighted by molar-refractivity contribution is -0.139. The van der Waals surface area contributed by atoms with Crippen LogP contribution in [0.3, 0.4) is 0 Å². The Morgan fingerprint density at radius 1 is 1.06 bits per heavy atom. The zero-order valence-corrected chi connectivity index (χ0v) is 20.1. The molecule has 1 aromatic heterocycles. The van der Waals surface area contributed by atoms with Crippen molar-refractivity contribution in [3.63, 3.8) is 0 Å². The molecular weight excluding hydrogens is 452 g/mol. The highest BCUT2D eigenvalue weighted by molar-refractivity contribution is 7.07.